The summed E-state index contributed by atoms with van der Waals surface area (Å²) in [7, 11) is 0. The summed E-state index contributed by atoms with van der Waals surface area (Å²) < 4.78 is 69.6. The van der Waals surface area contributed by atoms with Crippen LogP contribution in [0.1, 0.15) is 45.7 Å². The molecular formula is C40H38F8N12O5. The zero-order valence-corrected chi connectivity index (χ0v) is 34.0. The molecule has 2 heterocycles. The number of carbonyl (C=O) groups is 4. The van der Waals surface area contributed by atoms with E-state index in [0.717, 1.165) is 11.1 Å². The fourth-order valence-corrected chi connectivity index (χ4v) is 4.91. The monoisotopic (exact) mass is 918 g/mol. The molecule has 0 radical (unpaired) electrons. The Morgan fingerprint density at radius 3 is 1.26 bits per heavy atom. The van der Waals surface area contributed by atoms with Crippen molar-refractivity contribution < 1.29 is 60.5 Å². The Bertz CT molecular complexity index is 2130. The molecule has 0 unspecified atom stereocenters. The zero-order chi connectivity index (χ0) is 48.8. The second kappa shape index (κ2) is 35.2. The molecule has 0 aliphatic heterocycles. The maximum absolute atomic E-state index is 13.2. The minimum absolute atomic E-state index is 0.0160. The minimum Gasteiger partial charge on any atom is -0.378 e. The van der Waals surface area contributed by atoms with Crippen LogP contribution in [0, 0.1) is 0 Å². The smallest absolute Gasteiger partial charge is 0.267 e. The van der Waals surface area contributed by atoms with Gasteiger partial charge in [0.05, 0.1) is 24.3 Å². The van der Waals surface area contributed by atoms with Gasteiger partial charge in [0.1, 0.15) is 11.4 Å². The molecule has 4 amide bonds. The Morgan fingerprint density at radius 2 is 0.954 bits per heavy atom. The highest BCUT2D eigenvalue weighted by molar-refractivity contribution is 6.03. The first-order valence-corrected chi connectivity index (χ1v) is 17.9. The van der Waals surface area contributed by atoms with Gasteiger partial charge in [-0.15, -0.1) is 0 Å². The van der Waals surface area contributed by atoms with Gasteiger partial charge in [-0.2, -0.15) is 0 Å². The first kappa shape index (κ1) is 56.6. The van der Waals surface area contributed by atoms with E-state index in [0.29, 0.717) is 22.5 Å². The average Bonchev–Trinajstić information content (AvgIpc) is 3.35. The highest BCUT2D eigenvalue weighted by atomic mass is 20.0. The molecule has 17 nitrogen and oxygen atoms in total. The third-order valence-electron chi connectivity index (χ3n) is 7.54. The molecule has 0 atom stereocenters. The summed E-state index contributed by atoms with van der Waals surface area (Å²) in [5.41, 5.74) is 21.5. The Kier molecular flexibility index (Phi) is 30.7. The van der Waals surface area contributed by atoms with E-state index in [4.69, 9.17) is 52.4 Å². The lowest BCUT2D eigenvalue weighted by Crippen LogP contribution is -2.37. The van der Waals surface area contributed by atoms with Gasteiger partial charge in [-0.1, -0.05) is 70.9 Å². The number of amides is 4. The summed E-state index contributed by atoms with van der Waals surface area (Å²) in [6, 6.07) is 20.0. The van der Waals surface area contributed by atoms with Crippen LogP contribution in [0.15, 0.2) is 143 Å². The number of carbonyl (C=O) groups excluding carboxylic acids is 4. The number of hydrogen-bond acceptors (Lipinski definition) is 9. The van der Waals surface area contributed by atoms with Crippen LogP contribution in [0.4, 0.5) is 48.0 Å². The van der Waals surface area contributed by atoms with Gasteiger partial charge in [0.15, 0.2) is 0 Å². The van der Waals surface area contributed by atoms with Crippen LogP contribution >= 0.6 is 0 Å². The van der Waals surface area contributed by atoms with Crippen LogP contribution in [0.5, 0.6) is 0 Å². The van der Waals surface area contributed by atoms with E-state index in [9.17, 15) is 19.2 Å². The molecule has 2 aromatic carbocycles. The highest BCUT2D eigenvalue weighted by Gasteiger charge is 2.16. The number of hydrogen-bond donors (Lipinski definition) is 4. The van der Waals surface area contributed by atoms with Gasteiger partial charge in [-0.25, -0.2) is 0 Å². The minimum atomic E-state index is -0.565. The van der Waals surface area contributed by atoms with Gasteiger partial charge in [0, 0.05) is 95.7 Å². The number of benzene rings is 2. The number of aromatic nitrogens is 2. The second-order valence-corrected chi connectivity index (χ2v) is 12.0. The fraction of sp³-hybridized carbons (Fsp3) is 0.150. The summed E-state index contributed by atoms with van der Waals surface area (Å²) in [6.45, 7) is 3.85. The maximum atomic E-state index is 13.2. The number of pyridine rings is 2. The van der Waals surface area contributed by atoms with E-state index in [1.165, 1.54) is 36.9 Å². The van der Waals surface area contributed by atoms with E-state index in [1.54, 1.807) is 98.8 Å². The number of azide groups is 2. The number of allylic oxidation sites excluding steroid dienone is 4. The molecule has 4 rings (SSSR count). The molecule has 0 saturated heterocycles. The van der Waals surface area contributed by atoms with Crippen LogP contribution in [0.25, 0.3) is 33.0 Å². The third kappa shape index (κ3) is 22.9. The van der Waals surface area contributed by atoms with Gasteiger partial charge in [-0.05, 0) is 83.6 Å². The van der Waals surface area contributed by atoms with Gasteiger partial charge in [0.25, 0.3) is 23.6 Å². The van der Waals surface area contributed by atoms with Crippen molar-refractivity contribution >= 4 is 47.2 Å². The van der Waals surface area contributed by atoms with Crippen molar-refractivity contribution in [3.63, 3.8) is 0 Å². The molecule has 0 fully saturated rings. The molecule has 65 heavy (non-hydrogen) atoms. The van der Waals surface area contributed by atoms with Crippen LogP contribution in [-0.2, 0) is 14.3 Å². The number of ether oxygens (including phenoxy) is 1. The second-order valence-electron chi connectivity index (χ2n) is 12.0. The van der Waals surface area contributed by atoms with Gasteiger partial charge >= 0.3 is 0 Å². The van der Waals surface area contributed by atoms with Crippen LogP contribution in [0.2, 0.25) is 0 Å². The number of rotatable bonds is 18. The van der Waals surface area contributed by atoms with Gasteiger partial charge in [0.2, 0.25) is 0 Å². The zero-order valence-electron chi connectivity index (χ0n) is 34.0. The predicted octanol–water partition coefficient (Wildman–Crippen LogP) is 10.1. The van der Waals surface area contributed by atoms with Crippen molar-refractivity contribution in [2.75, 3.05) is 26.3 Å². The van der Waals surface area contributed by atoms with Crippen molar-refractivity contribution in [3.8, 4) is 0 Å². The summed E-state index contributed by atoms with van der Waals surface area (Å²) >= 11 is 0. The normalized spacial score (nSPS) is 10.6. The van der Waals surface area contributed by atoms with Crippen molar-refractivity contribution in [3.05, 3.63) is 175 Å². The molecule has 4 aromatic rings. The van der Waals surface area contributed by atoms with E-state index in [-0.39, 0.29) is 48.8 Å². The summed E-state index contributed by atoms with van der Waals surface area (Å²) in [5, 5.41) is 17.9. The number of halogens is 8. The lowest BCUT2D eigenvalue weighted by Gasteiger charge is -2.13. The Balaban J connectivity index is 0.00000484. The van der Waals surface area contributed by atoms with Crippen LogP contribution in [0.3, 0.4) is 0 Å². The molecule has 0 spiro atoms. The molecule has 0 aliphatic rings. The predicted molar refractivity (Wildman–Crippen MR) is 223 cm³/mol. The standard InChI is InChI=1S/C40H38N12O5.4F2/c1-27(21-29-7-11-33(12-8-29)49-51-41)23-35(47-37(53)31-5-3-15-43-25-31)39(55)45-17-19-57-20-18-46-40(56)36(48-38(54)32-6-4-16-44-26-32)24-28(2)22-30-9-13-34(14-10-30)50-52-42;4*1-2/h3-16,21-26H,17-20H2,1-2H3,(H,45,55)(H,46,56)(H,47,53)(H,48,54);;;;/b27-21+,28-22+,35-23-,36-24-;;;;. The number of nitrogens with one attached hydrogen (secondary N) is 4. The van der Waals surface area contributed by atoms with Crippen LogP contribution in [-0.4, -0.2) is 59.9 Å². The van der Waals surface area contributed by atoms with Crippen molar-refractivity contribution in [1.82, 2.24) is 31.2 Å². The lowest BCUT2D eigenvalue weighted by atomic mass is 10.1. The Hall–Kier alpha value is -8.40. The Labute approximate surface area is 364 Å². The Morgan fingerprint density at radius 1 is 0.600 bits per heavy atom. The SMILES string of the molecule is CC(/C=C(\NC(=O)c1cccnc1)C(=O)NCCOCCNC(=O)/C(=C/C(C)=C/c1ccc(N=[N+]=[N-])cc1)NC(=O)c1cccnc1)=C\c1ccc(N=[N+]=[N-])cc1.FF.FF.FF.FF. The van der Waals surface area contributed by atoms with Crippen molar-refractivity contribution in [2.45, 2.75) is 13.8 Å². The molecule has 2 aromatic heterocycles. The molecule has 344 valence electrons. The fourth-order valence-electron chi connectivity index (χ4n) is 4.91. The molecule has 0 aliphatic carbocycles. The summed E-state index contributed by atoms with van der Waals surface area (Å²) in [4.78, 5) is 65.8. The maximum Gasteiger partial charge on any atom is 0.267 e. The van der Waals surface area contributed by atoms with E-state index in [1.807, 2.05) is 0 Å². The lowest BCUT2D eigenvalue weighted by molar-refractivity contribution is -0.118. The van der Waals surface area contributed by atoms with Crippen molar-refractivity contribution in [1.29, 1.82) is 0 Å². The highest BCUT2D eigenvalue weighted by Crippen LogP contribution is 2.17. The van der Waals surface area contributed by atoms with E-state index < -0.39 is 23.6 Å². The molecule has 0 bridgehead atoms. The van der Waals surface area contributed by atoms with Gasteiger partial charge < -0.3 is 26.0 Å². The average molecular weight is 919 g/mol. The molecule has 0 saturated carbocycles. The topological polar surface area (TPSA) is 249 Å². The first-order valence-electron chi connectivity index (χ1n) is 17.9. The van der Waals surface area contributed by atoms with Crippen molar-refractivity contribution in [2.24, 2.45) is 10.2 Å². The molecule has 4 N–H and O–H groups in total. The quantitative estimate of drug-likeness (QED) is 0.0143. The number of nitrogens with zero attached hydrogens (tertiary/aromatic N) is 8. The van der Waals surface area contributed by atoms with Crippen LogP contribution < -0.4 is 21.3 Å². The summed E-state index contributed by atoms with van der Waals surface area (Å²) in [6.07, 6.45) is 12.4. The van der Waals surface area contributed by atoms with E-state index in [2.05, 4.69) is 51.3 Å². The van der Waals surface area contributed by atoms with Gasteiger partial charge in [-0.3, -0.25) is 29.1 Å². The third-order valence-corrected chi connectivity index (χ3v) is 7.54. The largest absolute Gasteiger partial charge is 0.378 e. The molecular weight excluding hydrogens is 881 g/mol. The first-order chi connectivity index (χ1) is 31.6. The molecule has 25 heteroatoms. The van der Waals surface area contributed by atoms with E-state index >= 15 is 0 Å². The summed E-state index contributed by atoms with van der Waals surface area (Å²) in [5.74, 6) is -2.19.